The topological polar surface area (TPSA) is 100 Å². The van der Waals surface area contributed by atoms with Gasteiger partial charge in [-0.15, -0.1) is 13.2 Å². The summed E-state index contributed by atoms with van der Waals surface area (Å²) in [7, 11) is -5.95. The van der Waals surface area contributed by atoms with Gasteiger partial charge in [-0.25, -0.2) is 9.13 Å². The van der Waals surface area contributed by atoms with Crippen LogP contribution in [0.1, 0.15) is 0 Å². The summed E-state index contributed by atoms with van der Waals surface area (Å²) in [6.45, 7) is 6.33. The molecule has 0 aliphatic rings. The van der Waals surface area contributed by atoms with E-state index < -0.39 is 21.0 Å². The second kappa shape index (κ2) is 8.43. The molecule has 0 aliphatic heterocycles. The third-order valence-electron chi connectivity index (χ3n) is 1.69. The Hall–Kier alpha value is -0.750. The van der Waals surface area contributed by atoms with Crippen molar-refractivity contribution in [3.05, 3.63) is 25.3 Å². The van der Waals surface area contributed by atoms with Crippen molar-refractivity contribution in [1.29, 1.82) is 0 Å². The van der Waals surface area contributed by atoms with Crippen molar-refractivity contribution in [2.45, 2.75) is 0 Å². The second-order valence-electron chi connectivity index (χ2n) is 2.95. The lowest BCUT2D eigenvalue weighted by Crippen LogP contribution is -2.22. The van der Waals surface area contributed by atoms with Crippen molar-refractivity contribution in [2.24, 2.45) is 0 Å². The zero-order valence-electron chi connectivity index (χ0n) is 10.7. The number of carbonyl (C=O) groups is 1. The average molecular weight is 313 g/mol. The van der Waals surface area contributed by atoms with Gasteiger partial charge in [-0.1, -0.05) is 12.2 Å². The summed E-state index contributed by atoms with van der Waals surface area (Å²) < 4.78 is 42.4. The minimum Gasteiger partial charge on any atom is -0.298 e. The molecule has 0 heterocycles. The lowest BCUT2D eigenvalue weighted by molar-refractivity contribution is 0.215. The minimum absolute atomic E-state index is 0.188. The summed E-state index contributed by atoms with van der Waals surface area (Å²) in [6, 6.07) is 0. The Kier molecular flexibility index (Phi) is 8.09. The smallest absolute Gasteiger partial charge is 0.298 e. The van der Waals surface area contributed by atoms with Crippen molar-refractivity contribution < 1.29 is 32.0 Å². The lowest BCUT2D eigenvalue weighted by atomic mass is 10.7. The van der Waals surface area contributed by atoms with Crippen LogP contribution in [0.15, 0.2) is 25.3 Å². The molecule has 1 N–H and O–H groups in total. The zero-order chi connectivity index (χ0) is 14.9. The van der Waals surface area contributed by atoms with Gasteiger partial charge >= 0.3 is 21.0 Å². The normalized spacial score (nSPS) is 11.9. The van der Waals surface area contributed by atoms with Gasteiger partial charge in [0.15, 0.2) is 0 Å². The highest BCUT2D eigenvalue weighted by Gasteiger charge is 2.39. The molecular formula is C9H17NO7P2. The van der Waals surface area contributed by atoms with Crippen LogP contribution in [0.4, 0.5) is 4.79 Å². The van der Waals surface area contributed by atoms with Crippen LogP contribution in [-0.4, -0.2) is 33.1 Å². The summed E-state index contributed by atoms with van der Waals surface area (Å²) in [5.41, 5.74) is -1.23. The first-order valence-electron chi connectivity index (χ1n) is 5.02. The maximum atomic E-state index is 12.2. The number of hydrogen-bond donors (Lipinski definition) is 1. The molecule has 110 valence electrons. The van der Waals surface area contributed by atoms with E-state index in [9.17, 15) is 13.9 Å². The largest absolute Gasteiger partial charge is 0.434 e. The molecule has 10 heteroatoms. The maximum absolute atomic E-state index is 12.2. The van der Waals surface area contributed by atoms with E-state index in [0.29, 0.717) is 0 Å². The van der Waals surface area contributed by atoms with Crippen LogP contribution in [0.25, 0.3) is 0 Å². The fourth-order valence-electron chi connectivity index (χ4n) is 0.800. The molecule has 0 atom stereocenters. The van der Waals surface area contributed by atoms with Gasteiger partial charge in [-0.3, -0.25) is 28.0 Å². The molecule has 1 amide bonds. The molecule has 0 aromatic rings. The fourth-order valence-corrected chi connectivity index (χ4v) is 3.14. The first-order chi connectivity index (χ1) is 8.87. The van der Waals surface area contributed by atoms with Crippen molar-refractivity contribution in [2.75, 3.05) is 27.4 Å². The summed E-state index contributed by atoms with van der Waals surface area (Å²) >= 11 is 0. The molecule has 0 unspecified atom stereocenters. The van der Waals surface area contributed by atoms with Gasteiger partial charge in [-0.05, 0) is 0 Å². The second-order valence-corrected chi connectivity index (χ2v) is 6.81. The van der Waals surface area contributed by atoms with Gasteiger partial charge in [0.1, 0.15) is 0 Å². The minimum atomic E-state index is -4.19. The van der Waals surface area contributed by atoms with Crippen molar-refractivity contribution in [1.82, 2.24) is 5.09 Å². The molecule has 19 heavy (non-hydrogen) atoms. The maximum Gasteiger partial charge on any atom is 0.434 e. The Balaban J connectivity index is 4.99. The standard InChI is InChI=1S/C9H17NO7P2/c1-5-7-16-18(12,17-8-6-2)9(11)10-19(13,14-3)15-4/h5-6H,1-2,7-8H2,3-4H3,(H,10,11,13). The van der Waals surface area contributed by atoms with Crippen LogP contribution < -0.4 is 5.09 Å². The molecule has 0 saturated heterocycles. The Morgan fingerprint density at radius 3 is 1.84 bits per heavy atom. The van der Waals surface area contributed by atoms with Gasteiger partial charge in [0.05, 0.1) is 13.2 Å². The number of rotatable bonds is 10. The Morgan fingerprint density at radius 1 is 1.11 bits per heavy atom. The predicted molar refractivity (Wildman–Crippen MR) is 70.1 cm³/mol. The number of carbonyl (C=O) groups excluding carboxylic acids is 1. The van der Waals surface area contributed by atoms with E-state index in [1.807, 2.05) is 5.09 Å². The molecular weight excluding hydrogens is 296 g/mol. The first kappa shape index (κ1) is 18.2. The summed E-state index contributed by atoms with van der Waals surface area (Å²) in [5, 5.41) is 1.84. The third kappa shape index (κ3) is 5.82. The van der Waals surface area contributed by atoms with Crippen LogP contribution in [-0.2, 0) is 27.2 Å². The Bertz CT molecular complexity index is 399. The van der Waals surface area contributed by atoms with E-state index in [-0.39, 0.29) is 13.2 Å². The van der Waals surface area contributed by atoms with E-state index in [4.69, 9.17) is 9.05 Å². The van der Waals surface area contributed by atoms with E-state index in [1.54, 1.807) is 0 Å². The van der Waals surface area contributed by atoms with Gasteiger partial charge in [0.2, 0.25) is 0 Å². The van der Waals surface area contributed by atoms with Crippen LogP contribution in [0.5, 0.6) is 0 Å². The summed E-state index contributed by atoms with van der Waals surface area (Å²) in [4.78, 5) is 11.8. The SMILES string of the molecule is C=CCOP(=O)(OCC=C)C(=O)NP(=O)(OC)OC. The Labute approximate surface area is 111 Å². The van der Waals surface area contributed by atoms with Crippen molar-refractivity contribution >= 4 is 21.0 Å². The number of amides is 1. The number of nitrogens with one attached hydrogen (secondary N) is 1. The van der Waals surface area contributed by atoms with Gasteiger partial charge < -0.3 is 0 Å². The van der Waals surface area contributed by atoms with Gasteiger partial charge in [0, 0.05) is 14.2 Å². The van der Waals surface area contributed by atoms with Gasteiger partial charge in [0.25, 0.3) is 0 Å². The van der Waals surface area contributed by atoms with E-state index >= 15 is 0 Å². The van der Waals surface area contributed by atoms with Crippen LogP contribution in [0.3, 0.4) is 0 Å². The first-order valence-corrected chi connectivity index (χ1v) is 8.11. The summed E-state index contributed by atoms with van der Waals surface area (Å²) in [5.74, 6) is 0. The molecule has 0 aromatic heterocycles. The molecule has 0 aromatic carbocycles. The molecule has 0 spiro atoms. The van der Waals surface area contributed by atoms with Crippen LogP contribution in [0, 0.1) is 0 Å². The van der Waals surface area contributed by atoms with Crippen LogP contribution in [0.2, 0.25) is 0 Å². The van der Waals surface area contributed by atoms with Gasteiger partial charge in [-0.2, -0.15) is 0 Å². The Morgan fingerprint density at radius 2 is 1.53 bits per heavy atom. The molecule has 0 rings (SSSR count). The number of hydrogen-bond acceptors (Lipinski definition) is 7. The molecule has 0 radical (unpaired) electrons. The quantitative estimate of drug-likeness (QED) is 0.489. The average Bonchev–Trinajstić information content (AvgIpc) is 2.42. The third-order valence-corrected chi connectivity index (χ3v) is 4.89. The predicted octanol–water partition coefficient (Wildman–Crippen LogP) is 2.70. The van der Waals surface area contributed by atoms with E-state index in [2.05, 4.69) is 22.2 Å². The fraction of sp³-hybridized carbons (Fsp3) is 0.444. The molecule has 0 aliphatic carbocycles. The lowest BCUT2D eigenvalue weighted by Gasteiger charge is -2.19. The van der Waals surface area contributed by atoms with Crippen LogP contribution >= 0.6 is 15.3 Å². The van der Waals surface area contributed by atoms with Crippen molar-refractivity contribution in [3.63, 3.8) is 0 Å². The highest BCUT2D eigenvalue weighted by atomic mass is 31.2. The monoisotopic (exact) mass is 313 g/mol. The highest BCUT2D eigenvalue weighted by molar-refractivity contribution is 7.73. The van der Waals surface area contributed by atoms with E-state index in [1.165, 1.54) is 12.2 Å². The van der Waals surface area contributed by atoms with E-state index in [0.717, 1.165) is 14.2 Å². The summed E-state index contributed by atoms with van der Waals surface area (Å²) in [6.07, 6.45) is 2.56. The molecule has 0 saturated carbocycles. The zero-order valence-corrected chi connectivity index (χ0v) is 12.5. The van der Waals surface area contributed by atoms with Crippen molar-refractivity contribution in [3.8, 4) is 0 Å². The molecule has 0 bridgehead atoms. The molecule has 0 fully saturated rings. The highest BCUT2D eigenvalue weighted by Crippen LogP contribution is 2.53. The molecule has 8 nitrogen and oxygen atoms in total.